The minimum Gasteiger partial charge on any atom is -0.340 e. The summed E-state index contributed by atoms with van der Waals surface area (Å²) in [6.07, 6.45) is -3.24. The van der Waals surface area contributed by atoms with Gasteiger partial charge in [0.15, 0.2) is 0 Å². The quantitative estimate of drug-likeness (QED) is 0.842. The highest BCUT2D eigenvalue weighted by Crippen LogP contribution is 2.18. The Balaban J connectivity index is 0.00000288. The molecule has 4 nitrogen and oxygen atoms in total. The molecule has 25 heavy (non-hydrogen) atoms. The van der Waals surface area contributed by atoms with Gasteiger partial charge in [-0.15, -0.1) is 24.8 Å². The molecule has 0 spiro atoms. The van der Waals surface area contributed by atoms with Gasteiger partial charge in [-0.1, -0.05) is 30.3 Å². The minimum atomic E-state index is -4.21. The van der Waals surface area contributed by atoms with Gasteiger partial charge in [-0.25, -0.2) is 0 Å². The normalized spacial score (nSPS) is 17.0. The van der Waals surface area contributed by atoms with Crippen molar-refractivity contribution in [3.8, 4) is 0 Å². The number of carbonyl (C=O) groups excluding carboxylic acids is 1. The molecule has 1 fully saturated rings. The van der Waals surface area contributed by atoms with Crippen molar-refractivity contribution in [3.63, 3.8) is 0 Å². The van der Waals surface area contributed by atoms with Crippen LogP contribution in [0.1, 0.15) is 12.0 Å². The molecule has 1 aromatic carbocycles. The molecule has 0 bridgehead atoms. The number of carbonyl (C=O) groups is 1. The monoisotopic (exact) mass is 401 g/mol. The summed E-state index contributed by atoms with van der Waals surface area (Å²) in [7, 11) is 0. The van der Waals surface area contributed by atoms with E-state index in [2.05, 4.69) is 0 Å². The van der Waals surface area contributed by atoms with Crippen molar-refractivity contribution >= 4 is 30.7 Å². The summed E-state index contributed by atoms with van der Waals surface area (Å²) in [6.45, 7) is 0.388. The number of nitrogens with zero attached hydrogens (tertiary/aromatic N) is 2. The van der Waals surface area contributed by atoms with E-state index in [0.717, 1.165) is 5.56 Å². The second-order valence-electron chi connectivity index (χ2n) is 5.87. The third-order valence-electron chi connectivity index (χ3n) is 3.92. The van der Waals surface area contributed by atoms with Crippen molar-refractivity contribution in [1.29, 1.82) is 0 Å². The lowest BCUT2D eigenvalue weighted by Gasteiger charge is -2.25. The molecular formula is C16H24Cl2F3N3O. The summed E-state index contributed by atoms with van der Waals surface area (Å²) in [6, 6.07) is 8.80. The van der Waals surface area contributed by atoms with E-state index in [1.165, 1.54) is 4.90 Å². The van der Waals surface area contributed by atoms with Crippen LogP contribution in [0.2, 0.25) is 0 Å². The highest BCUT2D eigenvalue weighted by atomic mass is 35.5. The summed E-state index contributed by atoms with van der Waals surface area (Å²) in [5.74, 6) is -0.192. The molecule has 1 unspecified atom stereocenters. The molecule has 1 atom stereocenters. The molecule has 0 aliphatic carbocycles. The first kappa shape index (κ1) is 24.0. The molecule has 1 aliphatic rings. The summed E-state index contributed by atoms with van der Waals surface area (Å²) in [4.78, 5) is 15.3. The summed E-state index contributed by atoms with van der Waals surface area (Å²) in [5, 5.41) is 0. The lowest BCUT2D eigenvalue weighted by molar-refractivity contribution is -0.145. The molecule has 2 N–H and O–H groups in total. The fourth-order valence-electron chi connectivity index (χ4n) is 2.79. The highest BCUT2D eigenvalue weighted by Gasteiger charge is 2.32. The number of alkyl halides is 3. The largest absolute Gasteiger partial charge is 0.401 e. The number of hydrogen-bond acceptors (Lipinski definition) is 3. The second kappa shape index (κ2) is 10.9. The molecule has 144 valence electrons. The molecule has 2 rings (SSSR count). The fourth-order valence-corrected chi connectivity index (χ4v) is 2.79. The number of amides is 1. The van der Waals surface area contributed by atoms with Crippen molar-refractivity contribution in [2.24, 2.45) is 5.73 Å². The van der Waals surface area contributed by atoms with E-state index in [-0.39, 0.29) is 43.8 Å². The van der Waals surface area contributed by atoms with E-state index in [9.17, 15) is 18.0 Å². The number of halogens is 5. The van der Waals surface area contributed by atoms with Gasteiger partial charge in [0.2, 0.25) is 5.91 Å². The molecule has 0 radical (unpaired) electrons. The zero-order valence-corrected chi connectivity index (χ0v) is 15.4. The van der Waals surface area contributed by atoms with Gasteiger partial charge in [-0.05, 0) is 18.4 Å². The van der Waals surface area contributed by atoms with Gasteiger partial charge in [0.25, 0.3) is 0 Å². The van der Waals surface area contributed by atoms with Crippen molar-refractivity contribution < 1.29 is 18.0 Å². The van der Waals surface area contributed by atoms with Crippen LogP contribution in [0.3, 0.4) is 0 Å². The van der Waals surface area contributed by atoms with Crippen LogP contribution in [0.25, 0.3) is 0 Å². The summed E-state index contributed by atoms with van der Waals surface area (Å²) < 4.78 is 37.4. The van der Waals surface area contributed by atoms with Gasteiger partial charge in [0.1, 0.15) is 0 Å². The van der Waals surface area contributed by atoms with Gasteiger partial charge in [-0.2, -0.15) is 13.2 Å². The average molecular weight is 402 g/mol. The third kappa shape index (κ3) is 8.27. The standard InChI is InChI=1S/C16H22F3N3O.2ClH/c17-16(18,19)12-21-7-4-8-22(10-9-21)15(23)14(20)11-13-5-2-1-3-6-13;;/h1-3,5-6,14H,4,7-12,20H2;2*1H. The summed E-state index contributed by atoms with van der Waals surface area (Å²) in [5.41, 5.74) is 6.96. The smallest absolute Gasteiger partial charge is 0.340 e. The molecular weight excluding hydrogens is 378 g/mol. The molecule has 1 aromatic rings. The van der Waals surface area contributed by atoms with Gasteiger partial charge in [0, 0.05) is 26.2 Å². The Labute approximate surface area is 158 Å². The number of hydrogen-bond donors (Lipinski definition) is 1. The van der Waals surface area contributed by atoms with Gasteiger partial charge in [-0.3, -0.25) is 9.69 Å². The van der Waals surface area contributed by atoms with Crippen LogP contribution in [0, 0.1) is 0 Å². The molecule has 1 saturated heterocycles. The number of nitrogens with two attached hydrogens (primary N) is 1. The van der Waals surface area contributed by atoms with Crippen molar-refractivity contribution in [1.82, 2.24) is 9.80 Å². The van der Waals surface area contributed by atoms with Crippen molar-refractivity contribution in [2.75, 3.05) is 32.7 Å². The van der Waals surface area contributed by atoms with E-state index in [4.69, 9.17) is 5.73 Å². The second-order valence-corrected chi connectivity index (χ2v) is 5.87. The van der Waals surface area contributed by atoms with Gasteiger partial charge < -0.3 is 10.6 Å². The first-order chi connectivity index (χ1) is 10.8. The molecule has 1 amide bonds. The van der Waals surface area contributed by atoms with Crippen molar-refractivity contribution in [2.45, 2.75) is 25.1 Å². The molecule has 1 heterocycles. The van der Waals surface area contributed by atoms with E-state index in [1.807, 2.05) is 30.3 Å². The predicted molar refractivity (Wildman–Crippen MR) is 96.3 cm³/mol. The van der Waals surface area contributed by atoms with Crippen LogP contribution >= 0.6 is 24.8 Å². The first-order valence-corrected chi connectivity index (χ1v) is 7.72. The Kier molecular flexibility index (Phi) is 10.4. The molecule has 9 heteroatoms. The third-order valence-corrected chi connectivity index (χ3v) is 3.92. The predicted octanol–water partition coefficient (Wildman–Crippen LogP) is 2.50. The van der Waals surface area contributed by atoms with Crippen LogP contribution in [0.15, 0.2) is 30.3 Å². The van der Waals surface area contributed by atoms with Crippen LogP contribution in [0.4, 0.5) is 13.2 Å². The zero-order valence-electron chi connectivity index (χ0n) is 13.7. The Morgan fingerprint density at radius 1 is 1.08 bits per heavy atom. The summed E-state index contributed by atoms with van der Waals surface area (Å²) >= 11 is 0. The molecule has 0 aromatic heterocycles. The van der Waals surface area contributed by atoms with Crippen molar-refractivity contribution in [3.05, 3.63) is 35.9 Å². The fraction of sp³-hybridized carbons (Fsp3) is 0.562. The van der Waals surface area contributed by atoms with Crippen LogP contribution in [-0.4, -0.2) is 60.6 Å². The SMILES string of the molecule is Cl.Cl.NC(Cc1ccccc1)C(=O)N1CCCN(CC(F)(F)F)CC1. The highest BCUT2D eigenvalue weighted by molar-refractivity contribution is 5.85. The lowest BCUT2D eigenvalue weighted by Crippen LogP contribution is -2.46. The zero-order chi connectivity index (χ0) is 16.9. The van der Waals surface area contributed by atoms with E-state index in [0.29, 0.717) is 25.9 Å². The number of rotatable bonds is 4. The van der Waals surface area contributed by atoms with E-state index < -0.39 is 18.8 Å². The van der Waals surface area contributed by atoms with Crippen LogP contribution in [-0.2, 0) is 11.2 Å². The average Bonchev–Trinajstić information content (AvgIpc) is 2.71. The Bertz CT molecular complexity index is 517. The maximum Gasteiger partial charge on any atom is 0.401 e. The van der Waals surface area contributed by atoms with E-state index >= 15 is 0 Å². The topological polar surface area (TPSA) is 49.6 Å². The first-order valence-electron chi connectivity index (χ1n) is 7.72. The van der Waals surface area contributed by atoms with E-state index in [1.54, 1.807) is 4.90 Å². The van der Waals surface area contributed by atoms with Crippen LogP contribution < -0.4 is 5.73 Å². The lowest BCUT2D eigenvalue weighted by atomic mass is 10.1. The molecule has 0 saturated carbocycles. The minimum absolute atomic E-state index is 0. The maximum atomic E-state index is 12.5. The Morgan fingerprint density at radius 3 is 2.32 bits per heavy atom. The van der Waals surface area contributed by atoms with Gasteiger partial charge >= 0.3 is 6.18 Å². The Hall–Kier alpha value is -1.02. The Morgan fingerprint density at radius 2 is 1.72 bits per heavy atom. The molecule has 1 aliphatic heterocycles. The maximum absolute atomic E-state index is 12.5. The van der Waals surface area contributed by atoms with Gasteiger partial charge in [0.05, 0.1) is 12.6 Å². The number of benzene rings is 1. The van der Waals surface area contributed by atoms with Crippen LogP contribution in [0.5, 0.6) is 0 Å².